The Bertz CT molecular complexity index is 68.4. The SMILES string of the molecule is CCOC(=O)CNS. The number of thiol groups is 1. The quantitative estimate of drug-likeness (QED) is 0.422. The van der Waals surface area contributed by atoms with Crippen LogP contribution in [0, 0.1) is 0 Å². The topological polar surface area (TPSA) is 38.3 Å². The summed E-state index contributed by atoms with van der Waals surface area (Å²) in [6.07, 6.45) is 0. The van der Waals surface area contributed by atoms with E-state index in [2.05, 4.69) is 22.3 Å². The van der Waals surface area contributed by atoms with Crippen LogP contribution in [0.2, 0.25) is 0 Å². The first-order valence-corrected chi connectivity index (χ1v) is 2.78. The molecule has 48 valence electrons. The maximum atomic E-state index is 10.3. The molecule has 0 aromatic heterocycles. The second-order valence-corrected chi connectivity index (χ2v) is 1.46. The molecule has 0 bridgehead atoms. The van der Waals surface area contributed by atoms with Crippen molar-refractivity contribution in [2.75, 3.05) is 13.2 Å². The summed E-state index contributed by atoms with van der Waals surface area (Å²) in [5.41, 5.74) is 0. The number of hydrogen-bond donors (Lipinski definition) is 2. The zero-order valence-electron chi connectivity index (χ0n) is 4.68. The lowest BCUT2D eigenvalue weighted by Gasteiger charge is -1.97. The van der Waals surface area contributed by atoms with Crippen molar-refractivity contribution in [2.24, 2.45) is 0 Å². The van der Waals surface area contributed by atoms with E-state index < -0.39 is 0 Å². The molecular formula is C4H9NO2S. The zero-order valence-corrected chi connectivity index (χ0v) is 5.57. The molecule has 3 nitrogen and oxygen atoms in total. The molecule has 8 heavy (non-hydrogen) atoms. The molecule has 0 aromatic rings. The molecule has 4 heteroatoms. The van der Waals surface area contributed by atoms with Crippen LogP contribution >= 0.6 is 12.8 Å². The van der Waals surface area contributed by atoms with Crippen LogP contribution in [-0.2, 0) is 9.53 Å². The normalized spacial score (nSPS) is 8.75. The van der Waals surface area contributed by atoms with Gasteiger partial charge in [0.15, 0.2) is 0 Å². The number of nitrogens with one attached hydrogen (secondary N) is 1. The molecule has 0 amide bonds. The van der Waals surface area contributed by atoms with Gasteiger partial charge in [0, 0.05) is 0 Å². The largest absolute Gasteiger partial charge is 0.465 e. The van der Waals surface area contributed by atoms with Crippen LogP contribution in [0.15, 0.2) is 0 Å². The van der Waals surface area contributed by atoms with Crippen molar-refractivity contribution >= 4 is 18.8 Å². The van der Waals surface area contributed by atoms with Gasteiger partial charge in [-0.1, -0.05) is 12.8 Å². The number of carbonyl (C=O) groups excluding carboxylic acids is 1. The van der Waals surface area contributed by atoms with Crippen LogP contribution in [-0.4, -0.2) is 19.1 Å². The Hall–Kier alpha value is -0.220. The van der Waals surface area contributed by atoms with E-state index >= 15 is 0 Å². The van der Waals surface area contributed by atoms with E-state index in [1.165, 1.54) is 0 Å². The van der Waals surface area contributed by atoms with Gasteiger partial charge < -0.3 is 4.74 Å². The first-order valence-electron chi connectivity index (χ1n) is 2.33. The molecule has 0 fully saturated rings. The number of carbonyl (C=O) groups is 1. The Morgan fingerprint density at radius 3 is 2.88 bits per heavy atom. The monoisotopic (exact) mass is 135 g/mol. The van der Waals surface area contributed by atoms with Gasteiger partial charge in [-0.3, -0.25) is 9.52 Å². The predicted octanol–water partition coefficient (Wildman–Crippen LogP) is -0.0161. The Kier molecular flexibility index (Phi) is 4.79. The molecule has 0 unspecified atom stereocenters. The van der Waals surface area contributed by atoms with Crippen molar-refractivity contribution in [2.45, 2.75) is 6.92 Å². The molecular weight excluding hydrogens is 126 g/mol. The molecule has 0 aliphatic heterocycles. The molecule has 0 radical (unpaired) electrons. The minimum absolute atomic E-state index is 0.164. The van der Waals surface area contributed by atoms with Crippen molar-refractivity contribution in [1.29, 1.82) is 0 Å². The highest BCUT2D eigenvalue weighted by atomic mass is 32.1. The maximum Gasteiger partial charge on any atom is 0.320 e. The fraction of sp³-hybridized carbons (Fsp3) is 0.750. The van der Waals surface area contributed by atoms with Gasteiger partial charge in [-0.05, 0) is 6.92 Å². The Balaban J connectivity index is 3.06. The molecule has 0 aliphatic carbocycles. The van der Waals surface area contributed by atoms with Gasteiger partial charge in [-0.25, -0.2) is 0 Å². The number of ether oxygens (including phenoxy) is 1. The van der Waals surface area contributed by atoms with Gasteiger partial charge in [-0.2, -0.15) is 0 Å². The summed E-state index contributed by atoms with van der Waals surface area (Å²) in [5.74, 6) is -0.275. The second-order valence-electron chi connectivity index (χ2n) is 1.14. The lowest BCUT2D eigenvalue weighted by molar-refractivity contribution is -0.141. The average molecular weight is 135 g/mol. The van der Waals surface area contributed by atoms with E-state index in [0.717, 1.165) is 0 Å². The maximum absolute atomic E-state index is 10.3. The van der Waals surface area contributed by atoms with Crippen LogP contribution in [0.1, 0.15) is 6.92 Å². The molecule has 0 rings (SSSR count). The number of esters is 1. The molecule has 0 saturated heterocycles. The Labute approximate surface area is 53.9 Å². The third kappa shape index (κ3) is 3.95. The molecule has 0 spiro atoms. The van der Waals surface area contributed by atoms with Gasteiger partial charge >= 0.3 is 5.97 Å². The van der Waals surface area contributed by atoms with Gasteiger partial charge in [0.1, 0.15) is 6.54 Å². The van der Waals surface area contributed by atoms with E-state index in [9.17, 15) is 4.79 Å². The van der Waals surface area contributed by atoms with Gasteiger partial charge in [-0.15, -0.1) is 0 Å². The Morgan fingerprint density at radius 1 is 1.88 bits per heavy atom. The molecule has 0 saturated carbocycles. The van der Waals surface area contributed by atoms with Crippen molar-refractivity contribution in [3.05, 3.63) is 0 Å². The summed E-state index contributed by atoms with van der Waals surface area (Å²) in [4.78, 5) is 10.3. The van der Waals surface area contributed by atoms with Crippen molar-refractivity contribution in [3.8, 4) is 0 Å². The lowest BCUT2D eigenvalue weighted by Crippen LogP contribution is -2.17. The summed E-state index contributed by atoms with van der Waals surface area (Å²) in [6.45, 7) is 2.35. The predicted molar refractivity (Wildman–Crippen MR) is 33.6 cm³/mol. The fourth-order valence-corrected chi connectivity index (χ4v) is 0.406. The summed E-state index contributed by atoms with van der Waals surface area (Å²) in [5, 5.41) is 0. The van der Waals surface area contributed by atoms with Crippen LogP contribution in [0.4, 0.5) is 0 Å². The lowest BCUT2D eigenvalue weighted by atomic mass is 10.7. The second kappa shape index (κ2) is 4.93. The summed E-state index contributed by atoms with van der Waals surface area (Å²) < 4.78 is 6.90. The number of hydrogen-bond acceptors (Lipinski definition) is 4. The molecule has 0 atom stereocenters. The highest BCUT2D eigenvalue weighted by Gasteiger charge is 1.95. The molecule has 1 N–H and O–H groups in total. The highest BCUT2D eigenvalue weighted by Crippen LogP contribution is 1.74. The van der Waals surface area contributed by atoms with E-state index in [0.29, 0.717) is 6.61 Å². The van der Waals surface area contributed by atoms with Crippen LogP contribution in [0.25, 0.3) is 0 Å². The highest BCUT2D eigenvalue weighted by molar-refractivity contribution is 7.78. The van der Waals surface area contributed by atoms with E-state index in [1.54, 1.807) is 6.92 Å². The van der Waals surface area contributed by atoms with Crippen LogP contribution in [0.3, 0.4) is 0 Å². The van der Waals surface area contributed by atoms with Gasteiger partial charge in [0.25, 0.3) is 0 Å². The van der Waals surface area contributed by atoms with E-state index in [4.69, 9.17) is 0 Å². The van der Waals surface area contributed by atoms with Crippen LogP contribution < -0.4 is 4.72 Å². The summed E-state index contributed by atoms with van der Waals surface area (Å²) in [7, 11) is 0. The third-order valence-electron chi connectivity index (χ3n) is 0.529. The average Bonchev–Trinajstić information content (AvgIpc) is 1.68. The molecule has 0 heterocycles. The fourth-order valence-electron chi connectivity index (χ4n) is 0.277. The zero-order chi connectivity index (χ0) is 6.41. The molecule has 0 aliphatic rings. The standard InChI is InChI=1S/C4H9NO2S/c1-2-7-4(6)3-5-8/h5,8H,2-3H2,1H3. The van der Waals surface area contributed by atoms with Crippen molar-refractivity contribution < 1.29 is 9.53 Å². The van der Waals surface area contributed by atoms with Gasteiger partial charge in [0.05, 0.1) is 6.61 Å². The first-order chi connectivity index (χ1) is 3.81. The summed E-state index contributed by atoms with van der Waals surface area (Å²) in [6, 6.07) is 0. The minimum Gasteiger partial charge on any atom is -0.465 e. The van der Waals surface area contributed by atoms with Gasteiger partial charge in [0.2, 0.25) is 0 Å². The number of rotatable bonds is 3. The van der Waals surface area contributed by atoms with Crippen molar-refractivity contribution in [1.82, 2.24) is 4.72 Å². The van der Waals surface area contributed by atoms with Crippen molar-refractivity contribution in [3.63, 3.8) is 0 Å². The van der Waals surface area contributed by atoms with E-state index in [1.807, 2.05) is 0 Å². The van der Waals surface area contributed by atoms with Crippen LogP contribution in [0.5, 0.6) is 0 Å². The molecule has 0 aromatic carbocycles. The Morgan fingerprint density at radius 2 is 2.50 bits per heavy atom. The minimum atomic E-state index is -0.275. The van der Waals surface area contributed by atoms with E-state index in [-0.39, 0.29) is 12.5 Å². The third-order valence-corrected chi connectivity index (χ3v) is 0.687. The first kappa shape index (κ1) is 7.78. The smallest absolute Gasteiger partial charge is 0.320 e. The summed E-state index contributed by atoms with van der Waals surface area (Å²) >= 11 is 3.60.